The number of primary amides is 1. The molecule has 0 aromatic carbocycles. The quantitative estimate of drug-likeness (QED) is 0.768. The van der Waals surface area contributed by atoms with Crippen molar-refractivity contribution in [1.29, 1.82) is 0 Å². The Bertz CT molecular complexity index is 391. The maximum Gasteiger partial charge on any atom is 0.573 e. The van der Waals surface area contributed by atoms with Gasteiger partial charge in [0.2, 0.25) is 0 Å². The number of nitrogens with zero attached hydrogens (tertiary/aromatic N) is 1. The van der Waals surface area contributed by atoms with Crippen molar-refractivity contribution in [2.24, 2.45) is 5.73 Å². The van der Waals surface area contributed by atoms with Crippen molar-refractivity contribution in [3.8, 4) is 5.75 Å². The highest BCUT2D eigenvalue weighted by Crippen LogP contribution is 2.25. The molecule has 0 saturated heterocycles. The van der Waals surface area contributed by atoms with Crippen LogP contribution in [0.1, 0.15) is 10.5 Å². The van der Waals surface area contributed by atoms with Gasteiger partial charge in [-0.05, 0) is 0 Å². The molecule has 0 radical (unpaired) electrons. The van der Waals surface area contributed by atoms with Gasteiger partial charge in [-0.3, -0.25) is 4.79 Å². The molecule has 0 aliphatic heterocycles. The smallest absolute Gasteiger partial charge is 0.403 e. The Morgan fingerprint density at radius 1 is 1.47 bits per heavy atom. The highest BCUT2D eigenvalue weighted by atomic mass is 19.4. The van der Waals surface area contributed by atoms with Crippen LogP contribution in [0.2, 0.25) is 0 Å². The maximum absolute atomic E-state index is 12.5. The second-order valence-corrected chi connectivity index (χ2v) is 2.41. The summed E-state index contributed by atoms with van der Waals surface area (Å²) in [4.78, 5) is 13.7. The maximum atomic E-state index is 12.5. The van der Waals surface area contributed by atoms with E-state index in [1.54, 1.807) is 0 Å². The number of carbonyl (C=O) groups excluding carboxylic acids is 1. The van der Waals surface area contributed by atoms with Crippen molar-refractivity contribution in [2.45, 2.75) is 6.36 Å². The molecule has 1 aromatic heterocycles. The minimum absolute atomic E-state index is 0.376. The first-order valence-corrected chi connectivity index (χ1v) is 3.50. The van der Waals surface area contributed by atoms with E-state index in [0.717, 1.165) is 0 Å². The lowest BCUT2D eigenvalue weighted by atomic mass is 10.3. The fraction of sp³-hybridized carbons (Fsp3) is 0.143. The van der Waals surface area contributed by atoms with Gasteiger partial charge in [0.15, 0.2) is 11.4 Å². The van der Waals surface area contributed by atoms with Gasteiger partial charge in [-0.2, -0.15) is 0 Å². The molecule has 8 heteroatoms. The number of halogens is 4. The summed E-state index contributed by atoms with van der Waals surface area (Å²) in [5, 5.41) is 0. The number of nitrogens with two attached hydrogens (primary N) is 1. The molecular formula is C7H4F4N2O2. The summed E-state index contributed by atoms with van der Waals surface area (Å²) in [5.74, 6) is -3.37. The number of carbonyl (C=O) groups is 1. The molecule has 0 atom stereocenters. The van der Waals surface area contributed by atoms with Crippen molar-refractivity contribution < 1.29 is 27.1 Å². The van der Waals surface area contributed by atoms with Crippen LogP contribution < -0.4 is 10.5 Å². The minimum Gasteiger partial charge on any atom is -0.403 e. The van der Waals surface area contributed by atoms with Gasteiger partial charge in [0, 0.05) is 6.07 Å². The van der Waals surface area contributed by atoms with Crippen LogP contribution >= 0.6 is 0 Å². The first-order chi connectivity index (χ1) is 6.79. The third-order valence-electron chi connectivity index (χ3n) is 1.28. The zero-order valence-electron chi connectivity index (χ0n) is 7.01. The first kappa shape index (κ1) is 11.2. The van der Waals surface area contributed by atoms with E-state index in [4.69, 9.17) is 5.73 Å². The van der Waals surface area contributed by atoms with Crippen molar-refractivity contribution in [3.05, 3.63) is 23.8 Å². The Morgan fingerprint density at radius 3 is 2.53 bits per heavy atom. The average Bonchev–Trinajstić information content (AvgIpc) is 1.99. The van der Waals surface area contributed by atoms with Crippen LogP contribution in [-0.4, -0.2) is 17.3 Å². The third kappa shape index (κ3) is 3.08. The van der Waals surface area contributed by atoms with E-state index in [1.165, 1.54) is 0 Å². The van der Waals surface area contributed by atoms with Gasteiger partial charge in [0.05, 0.1) is 6.20 Å². The molecule has 0 bridgehead atoms. The highest BCUT2D eigenvalue weighted by Gasteiger charge is 2.33. The Kier molecular flexibility index (Phi) is 2.78. The van der Waals surface area contributed by atoms with Gasteiger partial charge in [-0.25, -0.2) is 9.37 Å². The lowest BCUT2D eigenvalue weighted by molar-refractivity contribution is -0.274. The fourth-order valence-corrected chi connectivity index (χ4v) is 0.808. The van der Waals surface area contributed by atoms with E-state index in [2.05, 4.69) is 9.72 Å². The highest BCUT2D eigenvalue weighted by molar-refractivity contribution is 5.93. The summed E-state index contributed by atoms with van der Waals surface area (Å²) in [6.07, 6.45) is -4.48. The number of rotatable bonds is 2. The number of pyridine rings is 1. The van der Waals surface area contributed by atoms with Crippen molar-refractivity contribution in [3.63, 3.8) is 0 Å². The molecule has 82 valence electrons. The summed E-state index contributed by atoms with van der Waals surface area (Å²) in [6, 6.07) is 0.376. The van der Waals surface area contributed by atoms with Gasteiger partial charge in [0.1, 0.15) is 5.82 Å². The zero-order valence-corrected chi connectivity index (χ0v) is 7.01. The minimum atomic E-state index is -5.04. The number of alkyl halides is 3. The van der Waals surface area contributed by atoms with E-state index in [1.807, 2.05) is 0 Å². The number of hydrogen-bond donors (Lipinski definition) is 1. The summed E-state index contributed by atoms with van der Waals surface area (Å²) in [7, 11) is 0. The van der Waals surface area contributed by atoms with Crippen LogP contribution in [0.4, 0.5) is 17.6 Å². The Balaban J connectivity index is 3.13. The molecule has 0 spiro atoms. The van der Waals surface area contributed by atoms with Crippen molar-refractivity contribution in [2.75, 3.05) is 0 Å². The predicted molar refractivity (Wildman–Crippen MR) is 39.4 cm³/mol. The van der Waals surface area contributed by atoms with E-state index in [0.29, 0.717) is 12.3 Å². The molecule has 0 aliphatic carbocycles. The SMILES string of the molecule is NC(=O)c1ncc(F)cc1OC(F)(F)F. The molecule has 1 rings (SSSR count). The second kappa shape index (κ2) is 3.71. The second-order valence-electron chi connectivity index (χ2n) is 2.41. The molecule has 15 heavy (non-hydrogen) atoms. The van der Waals surface area contributed by atoms with Crippen LogP contribution in [0.5, 0.6) is 5.75 Å². The van der Waals surface area contributed by atoms with Crippen LogP contribution in [0.3, 0.4) is 0 Å². The zero-order chi connectivity index (χ0) is 11.6. The van der Waals surface area contributed by atoms with Gasteiger partial charge >= 0.3 is 6.36 Å². The molecule has 2 N–H and O–H groups in total. The summed E-state index contributed by atoms with van der Waals surface area (Å²) in [6.45, 7) is 0. The van der Waals surface area contributed by atoms with E-state index >= 15 is 0 Å². The Morgan fingerprint density at radius 2 is 2.07 bits per heavy atom. The Labute approximate surface area is 80.7 Å². The molecular weight excluding hydrogens is 220 g/mol. The van der Waals surface area contributed by atoms with Gasteiger partial charge in [-0.15, -0.1) is 13.2 Å². The van der Waals surface area contributed by atoms with E-state index in [-0.39, 0.29) is 0 Å². The first-order valence-electron chi connectivity index (χ1n) is 3.50. The summed E-state index contributed by atoms with van der Waals surface area (Å²) in [5.41, 5.74) is 3.93. The third-order valence-corrected chi connectivity index (χ3v) is 1.28. The topological polar surface area (TPSA) is 65.2 Å². The van der Waals surface area contributed by atoms with Gasteiger partial charge < -0.3 is 10.5 Å². The summed E-state index contributed by atoms with van der Waals surface area (Å²) < 4.78 is 51.3. The predicted octanol–water partition coefficient (Wildman–Crippen LogP) is 1.22. The fourth-order valence-electron chi connectivity index (χ4n) is 0.808. The van der Waals surface area contributed by atoms with Crippen molar-refractivity contribution in [1.82, 2.24) is 4.98 Å². The Hall–Kier alpha value is -1.86. The average molecular weight is 224 g/mol. The molecule has 0 saturated carbocycles. The van der Waals surface area contributed by atoms with Gasteiger partial charge in [-0.1, -0.05) is 0 Å². The van der Waals surface area contributed by atoms with Crippen LogP contribution in [-0.2, 0) is 0 Å². The number of aromatic nitrogens is 1. The van der Waals surface area contributed by atoms with E-state index < -0.39 is 29.5 Å². The molecule has 1 amide bonds. The normalized spacial score (nSPS) is 11.2. The standard InChI is InChI=1S/C7H4F4N2O2/c8-3-1-4(15-7(9,10)11)5(6(12)14)13-2-3/h1-2H,(H2,12,14). The molecule has 1 heterocycles. The molecule has 0 unspecified atom stereocenters. The van der Waals surface area contributed by atoms with Gasteiger partial charge in [0.25, 0.3) is 5.91 Å². The molecule has 1 aromatic rings. The largest absolute Gasteiger partial charge is 0.573 e. The van der Waals surface area contributed by atoms with E-state index in [9.17, 15) is 22.4 Å². The monoisotopic (exact) mass is 224 g/mol. The van der Waals surface area contributed by atoms with Crippen LogP contribution in [0, 0.1) is 5.82 Å². The van der Waals surface area contributed by atoms with Crippen LogP contribution in [0.25, 0.3) is 0 Å². The molecule has 0 aliphatic rings. The lowest BCUT2D eigenvalue weighted by Gasteiger charge is -2.10. The lowest BCUT2D eigenvalue weighted by Crippen LogP contribution is -2.22. The van der Waals surface area contributed by atoms with Crippen molar-refractivity contribution >= 4 is 5.91 Å². The molecule has 4 nitrogen and oxygen atoms in total. The molecule has 0 fully saturated rings. The number of amides is 1. The summed E-state index contributed by atoms with van der Waals surface area (Å²) >= 11 is 0. The number of ether oxygens (including phenoxy) is 1. The number of hydrogen-bond acceptors (Lipinski definition) is 3. The van der Waals surface area contributed by atoms with Crippen LogP contribution in [0.15, 0.2) is 12.3 Å².